The topological polar surface area (TPSA) is 107 Å². The van der Waals surface area contributed by atoms with Gasteiger partial charge in [0.15, 0.2) is 28.1 Å². The van der Waals surface area contributed by atoms with Crippen molar-refractivity contribution in [3.63, 3.8) is 0 Å². The third-order valence-electron chi connectivity index (χ3n) is 7.22. The fourth-order valence-electron chi connectivity index (χ4n) is 5.38. The Morgan fingerprint density at radius 1 is 1.07 bits per heavy atom. The number of aryl methyl sites for hydroxylation is 2. The summed E-state index contributed by atoms with van der Waals surface area (Å²) in [5.74, 6) is -0.0439. The predicted octanol–water partition coefficient (Wildman–Crippen LogP) is 6.27. The maximum absolute atomic E-state index is 13.8. The zero-order valence-electron chi connectivity index (χ0n) is 24.0. The summed E-state index contributed by atoms with van der Waals surface area (Å²) in [5, 5.41) is 12.0. The molecule has 10 heteroatoms. The van der Waals surface area contributed by atoms with Crippen LogP contribution in [0.15, 0.2) is 66.8 Å². The number of carbonyl (C=O) groups is 2. The van der Waals surface area contributed by atoms with Gasteiger partial charge in [0.25, 0.3) is 5.78 Å². The van der Waals surface area contributed by atoms with E-state index in [4.69, 9.17) is 23.9 Å². The molecule has 0 bridgehead atoms. The van der Waals surface area contributed by atoms with Gasteiger partial charge in [0.1, 0.15) is 25.6 Å². The Morgan fingerprint density at radius 2 is 1.86 bits per heavy atom. The van der Waals surface area contributed by atoms with E-state index in [-0.39, 0.29) is 17.9 Å². The quantitative estimate of drug-likeness (QED) is 0.109. The molecule has 9 nitrogen and oxygen atoms in total. The molecule has 1 amide bonds. The molecule has 6 rings (SSSR count). The molecule has 0 spiro atoms. The van der Waals surface area contributed by atoms with E-state index in [1.165, 1.54) is 16.2 Å². The number of fused-ring (bicyclic) bond motifs is 2. The molecule has 1 saturated heterocycles. The number of anilines is 1. The molecule has 2 aliphatic heterocycles. The number of amides is 1. The van der Waals surface area contributed by atoms with Crippen LogP contribution in [0.1, 0.15) is 35.2 Å². The number of carbonyl (C=O) groups excluding carboxylic acids is 2. The van der Waals surface area contributed by atoms with Crippen LogP contribution in [-0.4, -0.2) is 48.2 Å². The second-order valence-corrected chi connectivity index (χ2v) is 11.2. The van der Waals surface area contributed by atoms with E-state index in [1.54, 1.807) is 42.5 Å². The van der Waals surface area contributed by atoms with Gasteiger partial charge in [-0.05, 0) is 73.9 Å². The minimum absolute atomic E-state index is 0.0731. The van der Waals surface area contributed by atoms with E-state index in [1.807, 2.05) is 32.9 Å². The molecule has 43 heavy (non-hydrogen) atoms. The number of Topliss-reactive ketones (excluding diaryl/α,β-unsaturated/α-hetero) is 1. The molecule has 2 aliphatic rings. The average Bonchev–Trinajstić information content (AvgIpc) is 3.54. The van der Waals surface area contributed by atoms with Crippen molar-refractivity contribution in [2.75, 3.05) is 31.3 Å². The van der Waals surface area contributed by atoms with Crippen molar-refractivity contribution in [2.45, 2.75) is 26.8 Å². The Morgan fingerprint density at radius 3 is 2.63 bits per heavy atom. The Balaban J connectivity index is 1.55. The molecule has 0 aliphatic carbocycles. The van der Waals surface area contributed by atoms with Crippen LogP contribution in [-0.2, 0) is 9.59 Å². The summed E-state index contributed by atoms with van der Waals surface area (Å²) < 4.78 is 23.9. The first kappa shape index (κ1) is 28.3. The number of rotatable bonds is 8. The van der Waals surface area contributed by atoms with Crippen molar-refractivity contribution in [2.24, 2.45) is 0 Å². The van der Waals surface area contributed by atoms with E-state index < -0.39 is 17.7 Å². The Labute approximate surface area is 252 Å². The number of aliphatic hydroxyl groups is 1. The van der Waals surface area contributed by atoms with Gasteiger partial charge in [0, 0.05) is 5.56 Å². The van der Waals surface area contributed by atoms with Crippen LogP contribution in [0.3, 0.4) is 0 Å². The van der Waals surface area contributed by atoms with E-state index in [9.17, 15) is 14.7 Å². The molecule has 1 aromatic heterocycles. The molecule has 1 unspecified atom stereocenters. The van der Waals surface area contributed by atoms with Crippen LogP contribution < -0.4 is 23.8 Å². The van der Waals surface area contributed by atoms with Gasteiger partial charge in [-0.25, -0.2) is 4.98 Å². The van der Waals surface area contributed by atoms with Crippen LogP contribution in [0.25, 0.3) is 16.0 Å². The minimum Gasteiger partial charge on any atom is -0.507 e. The van der Waals surface area contributed by atoms with Crippen molar-refractivity contribution in [3.8, 4) is 23.0 Å². The van der Waals surface area contributed by atoms with Gasteiger partial charge in [0.2, 0.25) is 0 Å². The average molecular weight is 599 g/mol. The van der Waals surface area contributed by atoms with E-state index in [2.05, 4.69) is 6.58 Å². The highest BCUT2D eigenvalue weighted by atomic mass is 32.1. The van der Waals surface area contributed by atoms with Crippen molar-refractivity contribution in [3.05, 3.63) is 89.0 Å². The molecule has 3 heterocycles. The lowest BCUT2D eigenvalue weighted by atomic mass is 9.95. The molecular formula is C33H30N2O7S. The molecule has 220 valence electrons. The van der Waals surface area contributed by atoms with Gasteiger partial charge < -0.3 is 24.1 Å². The van der Waals surface area contributed by atoms with Crippen LogP contribution in [0.2, 0.25) is 0 Å². The second-order valence-electron chi connectivity index (χ2n) is 10.2. The van der Waals surface area contributed by atoms with Crippen molar-refractivity contribution in [1.29, 1.82) is 0 Å². The monoisotopic (exact) mass is 598 g/mol. The molecular weight excluding hydrogens is 568 g/mol. The van der Waals surface area contributed by atoms with Gasteiger partial charge in [-0.15, -0.1) is 0 Å². The van der Waals surface area contributed by atoms with E-state index in [0.717, 1.165) is 21.3 Å². The minimum atomic E-state index is -0.997. The third kappa shape index (κ3) is 5.08. The number of hydrogen-bond acceptors (Lipinski definition) is 9. The summed E-state index contributed by atoms with van der Waals surface area (Å²) in [4.78, 5) is 33.7. The summed E-state index contributed by atoms with van der Waals surface area (Å²) in [6.45, 7) is 10.9. The highest BCUT2D eigenvalue weighted by molar-refractivity contribution is 7.22. The van der Waals surface area contributed by atoms with Gasteiger partial charge in [0.05, 0.1) is 28.4 Å². The van der Waals surface area contributed by atoms with Gasteiger partial charge in [-0.2, -0.15) is 0 Å². The first-order valence-corrected chi connectivity index (χ1v) is 14.7. The summed E-state index contributed by atoms with van der Waals surface area (Å²) in [6, 6.07) is 13.1. The maximum Gasteiger partial charge on any atom is 0.301 e. The summed E-state index contributed by atoms with van der Waals surface area (Å²) in [5.41, 5.74) is 3.56. The van der Waals surface area contributed by atoms with Crippen molar-refractivity contribution < 1.29 is 33.6 Å². The Hall–Kier alpha value is -4.83. The fourth-order valence-corrected chi connectivity index (χ4v) is 6.55. The SMILES string of the molecule is C=CCOc1ccc(C2/C(=C(\O)c3ccc4c(c3)OCCO4)C(=O)C(=O)N2c2nc3c(C)cc(C)cc3s2)cc1OCC. The highest BCUT2D eigenvalue weighted by Crippen LogP contribution is 2.47. The number of ketones is 1. The molecule has 3 aromatic carbocycles. The molecule has 1 N–H and O–H groups in total. The number of nitrogens with zero attached hydrogens (tertiary/aromatic N) is 2. The lowest BCUT2D eigenvalue weighted by Gasteiger charge is -2.24. The Kier molecular flexibility index (Phi) is 7.53. The lowest BCUT2D eigenvalue weighted by Crippen LogP contribution is -2.29. The molecule has 0 radical (unpaired) electrons. The number of aliphatic hydroxyl groups excluding tert-OH is 1. The smallest absolute Gasteiger partial charge is 0.301 e. The van der Waals surface area contributed by atoms with E-state index >= 15 is 0 Å². The van der Waals surface area contributed by atoms with Crippen molar-refractivity contribution in [1.82, 2.24) is 4.98 Å². The molecule has 4 aromatic rings. The van der Waals surface area contributed by atoms with Crippen LogP contribution >= 0.6 is 11.3 Å². The second kappa shape index (κ2) is 11.4. The van der Waals surface area contributed by atoms with Gasteiger partial charge in [-0.1, -0.05) is 36.1 Å². The van der Waals surface area contributed by atoms with Crippen molar-refractivity contribution >= 4 is 44.1 Å². The fraction of sp³-hybridized carbons (Fsp3) is 0.242. The lowest BCUT2D eigenvalue weighted by molar-refractivity contribution is -0.132. The number of ether oxygens (including phenoxy) is 4. The van der Waals surface area contributed by atoms with Crippen LogP contribution in [0.5, 0.6) is 23.0 Å². The molecule has 0 saturated carbocycles. The zero-order chi connectivity index (χ0) is 30.2. The molecule has 1 atom stereocenters. The maximum atomic E-state index is 13.8. The number of aromatic nitrogens is 1. The zero-order valence-corrected chi connectivity index (χ0v) is 24.8. The Bertz CT molecular complexity index is 1810. The number of benzene rings is 3. The normalized spacial score (nSPS) is 17.4. The number of thiazole rings is 1. The summed E-state index contributed by atoms with van der Waals surface area (Å²) >= 11 is 1.32. The van der Waals surface area contributed by atoms with Crippen LogP contribution in [0, 0.1) is 13.8 Å². The van der Waals surface area contributed by atoms with E-state index in [0.29, 0.717) is 59.1 Å². The number of hydrogen-bond donors (Lipinski definition) is 1. The predicted molar refractivity (Wildman–Crippen MR) is 165 cm³/mol. The first-order chi connectivity index (χ1) is 20.8. The highest BCUT2D eigenvalue weighted by Gasteiger charge is 2.48. The summed E-state index contributed by atoms with van der Waals surface area (Å²) in [6.07, 6.45) is 1.63. The standard InChI is InChI=1S/C33H30N2O7S/c1-5-11-40-22-9-7-20(16-24(22)39-6-2)29-27(30(36)21-8-10-23-25(17-21)42-13-12-41-23)31(37)32(38)35(29)33-34-28-19(4)14-18(3)15-26(28)43-33/h5,7-10,14-17,29,36H,1,6,11-13H2,2-4H3/b30-27+. The van der Waals surface area contributed by atoms with Gasteiger partial charge in [-0.3, -0.25) is 14.5 Å². The third-order valence-corrected chi connectivity index (χ3v) is 8.23. The summed E-state index contributed by atoms with van der Waals surface area (Å²) in [7, 11) is 0. The van der Waals surface area contributed by atoms with Gasteiger partial charge >= 0.3 is 5.91 Å². The van der Waals surface area contributed by atoms with Crippen LogP contribution in [0.4, 0.5) is 5.13 Å². The largest absolute Gasteiger partial charge is 0.507 e. The first-order valence-electron chi connectivity index (χ1n) is 13.9. The molecule has 1 fully saturated rings.